The summed E-state index contributed by atoms with van der Waals surface area (Å²) in [5.74, 6) is 2.47. The molecule has 0 atom stereocenters. The molecular formula is C25H25N5O4. The van der Waals surface area contributed by atoms with Crippen molar-refractivity contribution in [3.63, 3.8) is 0 Å². The zero-order valence-electron chi connectivity index (χ0n) is 19.2. The first-order valence-electron chi connectivity index (χ1n) is 11.2. The van der Waals surface area contributed by atoms with E-state index in [9.17, 15) is 4.79 Å². The minimum Gasteiger partial charge on any atom is -0.484 e. The summed E-state index contributed by atoms with van der Waals surface area (Å²) in [6.07, 6.45) is 1.17. The molecule has 1 aliphatic heterocycles. The number of nitrogens with zero attached hydrogens (tertiary/aromatic N) is 3. The SMILES string of the molecule is CCC1=C(c2ccc3nc(-c4ccc(OCc5nc(C(C)C)no5)cc4)oc3c2)NNC(=O)C1. The summed E-state index contributed by atoms with van der Waals surface area (Å²) < 4.78 is 17.0. The van der Waals surface area contributed by atoms with Crippen LogP contribution in [0.3, 0.4) is 0 Å². The fourth-order valence-electron chi connectivity index (χ4n) is 3.73. The molecule has 174 valence electrons. The van der Waals surface area contributed by atoms with Gasteiger partial charge in [-0.05, 0) is 48.4 Å². The lowest BCUT2D eigenvalue weighted by Gasteiger charge is -2.22. The second-order valence-corrected chi connectivity index (χ2v) is 8.40. The van der Waals surface area contributed by atoms with Gasteiger partial charge in [0.1, 0.15) is 11.3 Å². The van der Waals surface area contributed by atoms with Crippen molar-refractivity contribution in [2.45, 2.75) is 46.1 Å². The van der Waals surface area contributed by atoms with Crippen LogP contribution in [-0.2, 0) is 11.4 Å². The molecular weight excluding hydrogens is 434 g/mol. The summed E-state index contributed by atoms with van der Waals surface area (Å²) >= 11 is 0. The van der Waals surface area contributed by atoms with E-state index in [1.165, 1.54) is 0 Å². The molecule has 9 heteroatoms. The van der Waals surface area contributed by atoms with Gasteiger partial charge in [-0.25, -0.2) is 4.98 Å². The van der Waals surface area contributed by atoms with Gasteiger partial charge < -0.3 is 13.7 Å². The molecule has 3 heterocycles. The lowest BCUT2D eigenvalue weighted by molar-refractivity contribution is -0.121. The zero-order valence-corrected chi connectivity index (χ0v) is 19.2. The van der Waals surface area contributed by atoms with E-state index in [1.54, 1.807) is 0 Å². The number of fused-ring (bicyclic) bond motifs is 1. The minimum absolute atomic E-state index is 0.0338. The van der Waals surface area contributed by atoms with Crippen LogP contribution in [-0.4, -0.2) is 21.0 Å². The Bertz CT molecular complexity index is 1370. The van der Waals surface area contributed by atoms with Crippen molar-refractivity contribution in [2.75, 3.05) is 0 Å². The number of hydrogen-bond donors (Lipinski definition) is 2. The van der Waals surface area contributed by atoms with E-state index in [0.717, 1.165) is 34.3 Å². The molecule has 0 spiro atoms. The van der Waals surface area contributed by atoms with E-state index in [0.29, 0.717) is 35.4 Å². The number of aromatic nitrogens is 3. The van der Waals surface area contributed by atoms with Gasteiger partial charge in [-0.15, -0.1) is 0 Å². The zero-order chi connectivity index (χ0) is 23.7. The number of rotatable bonds is 7. The van der Waals surface area contributed by atoms with E-state index in [2.05, 4.69) is 26.0 Å². The van der Waals surface area contributed by atoms with E-state index in [-0.39, 0.29) is 18.4 Å². The van der Waals surface area contributed by atoms with Gasteiger partial charge in [0.2, 0.25) is 11.8 Å². The Hall–Kier alpha value is -4.14. The average Bonchev–Trinajstić information content (AvgIpc) is 3.50. The maximum atomic E-state index is 11.7. The van der Waals surface area contributed by atoms with Crippen LogP contribution in [0.5, 0.6) is 5.75 Å². The van der Waals surface area contributed by atoms with Crippen molar-refractivity contribution in [3.8, 4) is 17.2 Å². The molecule has 0 saturated carbocycles. The molecule has 2 aromatic carbocycles. The fourth-order valence-corrected chi connectivity index (χ4v) is 3.73. The third kappa shape index (κ3) is 4.36. The lowest BCUT2D eigenvalue weighted by Crippen LogP contribution is -2.40. The minimum atomic E-state index is -0.0338. The Kier molecular flexibility index (Phi) is 5.75. The van der Waals surface area contributed by atoms with Gasteiger partial charge in [0.15, 0.2) is 18.0 Å². The standard InChI is InChI=1S/C25H25N5O4/c1-4-15-12-21(31)28-29-23(15)17-7-10-19-20(11-17)33-25(26-19)16-5-8-18(9-6-16)32-13-22-27-24(14(2)3)30-34-22/h5-11,14,29H,4,12-13H2,1-3H3,(H,28,31). The summed E-state index contributed by atoms with van der Waals surface area (Å²) in [6, 6.07) is 13.3. The van der Waals surface area contributed by atoms with E-state index in [1.807, 2.05) is 63.2 Å². The third-order valence-corrected chi connectivity index (χ3v) is 5.62. The molecule has 0 saturated heterocycles. The van der Waals surface area contributed by atoms with Crippen molar-refractivity contribution < 1.29 is 18.5 Å². The molecule has 0 fully saturated rings. The fraction of sp³-hybridized carbons (Fsp3) is 0.280. The molecule has 5 rings (SSSR count). The number of carbonyl (C=O) groups excluding carboxylic acids is 1. The molecule has 4 aromatic rings. The summed E-state index contributed by atoms with van der Waals surface area (Å²) in [5, 5.41) is 3.94. The Morgan fingerprint density at radius 3 is 2.59 bits per heavy atom. The Labute approximate surface area is 196 Å². The second kappa shape index (κ2) is 9.01. The monoisotopic (exact) mass is 459 g/mol. The third-order valence-electron chi connectivity index (χ3n) is 5.62. The first-order chi connectivity index (χ1) is 16.5. The van der Waals surface area contributed by atoms with Gasteiger partial charge >= 0.3 is 0 Å². The van der Waals surface area contributed by atoms with Crippen molar-refractivity contribution in [3.05, 3.63) is 65.3 Å². The molecule has 0 unspecified atom stereocenters. The van der Waals surface area contributed by atoms with Gasteiger partial charge in [-0.3, -0.25) is 15.6 Å². The maximum Gasteiger partial charge on any atom is 0.264 e. The summed E-state index contributed by atoms with van der Waals surface area (Å²) in [6.45, 7) is 6.26. The lowest BCUT2D eigenvalue weighted by atomic mass is 10.00. The van der Waals surface area contributed by atoms with Gasteiger partial charge in [0.05, 0.1) is 12.1 Å². The van der Waals surface area contributed by atoms with Gasteiger partial charge in [-0.1, -0.05) is 32.0 Å². The Balaban J connectivity index is 1.32. The number of carbonyl (C=O) groups is 1. The smallest absolute Gasteiger partial charge is 0.264 e. The number of ether oxygens (including phenoxy) is 1. The normalized spacial score (nSPS) is 13.9. The second-order valence-electron chi connectivity index (χ2n) is 8.40. The molecule has 1 amide bonds. The van der Waals surface area contributed by atoms with Crippen LogP contribution in [0, 0.1) is 0 Å². The van der Waals surface area contributed by atoms with Crippen LogP contribution >= 0.6 is 0 Å². The highest BCUT2D eigenvalue weighted by atomic mass is 16.5. The van der Waals surface area contributed by atoms with Crippen molar-refractivity contribution in [1.29, 1.82) is 0 Å². The van der Waals surface area contributed by atoms with Crippen LogP contribution in [0.15, 0.2) is 57.0 Å². The first-order valence-corrected chi connectivity index (χ1v) is 11.2. The highest BCUT2D eigenvalue weighted by Gasteiger charge is 2.19. The number of hydrogen-bond acceptors (Lipinski definition) is 8. The highest BCUT2D eigenvalue weighted by molar-refractivity contribution is 5.88. The van der Waals surface area contributed by atoms with E-state index in [4.69, 9.17) is 13.7 Å². The topological polar surface area (TPSA) is 115 Å². The average molecular weight is 460 g/mol. The van der Waals surface area contributed by atoms with Crippen molar-refractivity contribution in [2.24, 2.45) is 0 Å². The quantitative estimate of drug-likeness (QED) is 0.408. The number of benzene rings is 2. The molecule has 34 heavy (non-hydrogen) atoms. The first kappa shape index (κ1) is 21.7. The van der Waals surface area contributed by atoms with Crippen LogP contribution in [0.1, 0.15) is 56.8 Å². The maximum absolute atomic E-state index is 11.7. The number of oxazole rings is 1. The summed E-state index contributed by atoms with van der Waals surface area (Å²) in [5.41, 5.74) is 10.9. The molecule has 2 aromatic heterocycles. The van der Waals surface area contributed by atoms with E-state index >= 15 is 0 Å². The van der Waals surface area contributed by atoms with Crippen molar-refractivity contribution in [1.82, 2.24) is 26.0 Å². The van der Waals surface area contributed by atoms with Gasteiger partial charge in [0, 0.05) is 17.0 Å². The van der Waals surface area contributed by atoms with Crippen LogP contribution in [0.25, 0.3) is 28.3 Å². The van der Waals surface area contributed by atoms with E-state index < -0.39 is 0 Å². The van der Waals surface area contributed by atoms with Crippen LogP contribution in [0.2, 0.25) is 0 Å². The Morgan fingerprint density at radius 1 is 1.06 bits per heavy atom. The summed E-state index contributed by atoms with van der Waals surface area (Å²) in [7, 11) is 0. The predicted molar refractivity (Wildman–Crippen MR) is 125 cm³/mol. The predicted octanol–water partition coefficient (Wildman–Crippen LogP) is 4.73. The summed E-state index contributed by atoms with van der Waals surface area (Å²) in [4.78, 5) is 20.6. The molecule has 1 aliphatic rings. The van der Waals surface area contributed by atoms with Crippen molar-refractivity contribution >= 4 is 22.7 Å². The molecule has 0 bridgehead atoms. The number of amides is 1. The van der Waals surface area contributed by atoms with Gasteiger partial charge in [-0.2, -0.15) is 4.98 Å². The Morgan fingerprint density at radius 2 is 1.85 bits per heavy atom. The number of nitrogens with one attached hydrogen (secondary N) is 2. The number of hydrazine groups is 1. The molecule has 2 N–H and O–H groups in total. The van der Waals surface area contributed by atoms with Gasteiger partial charge in [0.25, 0.3) is 5.89 Å². The van der Waals surface area contributed by atoms with Crippen LogP contribution < -0.4 is 15.6 Å². The highest BCUT2D eigenvalue weighted by Crippen LogP contribution is 2.30. The molecule has 0 aliphatic carbocycles. The molecule has 9 nitrogen and oxygen atoms in total. The molecule has 0 radical (unpaired) electrons. The van der Waals surface area contributed by atoms with Crippen LogP contribution in [0.4, 0.5) is 0 Å². The largest absolute Gasteiger partial charge is 0.484 e.